The third kappa shape index (κ3) is 2.11. The molecule has 2 aromatic rings. The summed E-state index contributed by atoms with van der Waals surface area (Å²) in [6.07, 6.45) is 3.77. The maximum Gasteiger partial charge on any atom is 0.0498 e. The van der Waals surface area contributed by atoms with Gasteiger partial charge in [0.05, 0.1) is 0 Å². The molecule has 2 rings (SSSR count). The van der Waals surface area contributed by atoms with E-state index in [1.165, 1.54) is 5.39 Å². The second-order valence-corrected chi connectivity index (χ2v) is 5.48. The first-order valence-electron chi connectivity index (χ1n) is 6.20. The zero-order valence-corrected chi connectivity index (χ0v) is 11.5. The predicted molar refractivity (Wildman–Crippen MR) is 76.4 cm³/mol. The van der Waals surface area contributed by atoms with Gasteiger partial charge in [-0.25, -0.2) is 0 Å². The van der Waals surface area contributed by atoms with Crippen molar-refractivity contribution < 1.29 is 0 Å². The predicted octanol–water partition coefficient (Wildman–Crippen LogP) is 2.57. The smallest absolute Gasteiger partial charge is 0.0498 e. The summed E-state index contributed by atoms with van der Waals surface area (Å²) in [5.41, 5.74) is 7.44. The molecular formula is C15H21N3. The minimum atomic E-state index is -0.119. The van der Waals surface area contributed by atoms with Crippen molar-refractivity contribution in [1.29, 1.82) is 0 Å². The minimum absolute atomic E-state index is 0.0777. The Morgan fingerprint density at radius 2 is 1.83 bits per heavy atom. The van der Waals surface area contributed by atoms with E-state index < -0.39 is 0 Å². The van der Waals surface area contributed by atoms with Crippen molar-refractivity contribution in [2.75, 3.05) is 14.1 Å². The van der Waals surface area contributed by atoms with E-state index in [1.54, 1.807) is 0 Å². The largest absolute Gasteiger partial charge is 0.322 e. The second kappa shape index (κ2) is 4.67. The van der Waals surface area contributed by atoms with Gasteiger partial charge in [0, 0.05) is 29.4 Å². The van der Waals surface area contributed by atoms with Gasteiger partial charge in [-0.2, -0.15) is 0 Å². The van der Waals surface area contributed by atoms with Gasteiger partial charge in [-0.1, -0.05) is 24.3 Å². The normalized spacial score (nSPS) is 14.1. The van der Waals surface area contributed by atoms with Crippen LogP contribution in [0.4, 0.5) is 0 Å². The molecule has 0 aliphatic carbocycles. The summed E-state index contributed by atoms with van der Waals surface area (Å²) < 4.78 is 0. The Bertz CT molecular complexity index is 541. The molecule has 0 saturated carbocycles. The molecular weight excluding hydrogens is 222 g/mol. The Morgan fingerprint density at radius 3 is 2.50 bits per heavy atom. The van der Waals surface area contributed by atoms with Crippen LogP contribution in [0.1, 0.15) is 25.5 Å². The number of aromatic nitrogens is 1. The number of nitrogens with zero attached hydrogens (tertiary/aromatic N) is 2. The second-order valence-electron chi connectivity index (χ2n) is 5.48. The molecule has 0 saturated heterocycles. The van der Waals surface area contributed by atoms with Crippen LogP contribution in [0.5, 0.6) is 0 Å². The van der Waals surface area contributed by atoms with Crippen molar-refractivity contribution in [3.05, 3.63) is 42.2 Å². The van der Waals surface area contributed by atoms with E-state index in [0.717, 1.165) is 10.9 Å². The molecule has 3 nitrogen and oxygen atoms in total. The average Bonchev–Trinajstić information content (AvgIpc) is 2.37. The average molecular weight is 243 g/mol. The summed E-state index contributed by atoms with van der Waals surface area (Å²) in [5, 5.41) is 2.33. The van der Waals surface area contributed by atoms with Crippen LogP contribution in [0.3, 0.4) is 0 Å². The van der Waals surface area contributed by atoms with E-state index in [-0.39, 0.29) is 11.6 Å². The van der Waals surface area contributed by atoms with E-state index in [0.29, 0.717) is 0 Å². The number of hydrogen-bond acceptors (Lipinski definition) is 3. The highest BCUT2D eigenvalue weighted by atomic mass is 15.2. The Balaban J connectivity index is 2.55. The highest BCUT2D eigenvalue weighted by Gasteiger charge is 2.30. The number of rotatable bonds is 3. The van der Waals surface area contributed by atoms with E-state index in [4.69, 9.17) is 5.73 Å². The van der Waals surface area contributed by atoms with Gasteiger partial charge in [0.25, 0.3) is 0 Å². The maximum absolute atomic E-state index is 6.46. The number of nitrogens with two attached hydrogens (primary N) is 1. The molecule has 18 heavy (non-hydrogen) atoms. The summed E-state index contributed by atoms with van der Waals surface area (Å²) in [5.74, 6) is 0. The van der Waals surface area contributed by atoms with Crippen LogP contribution >= 0.6 is 0 Å². The fourth-order valence-corrected chi connectivity index (χ4v) is 2.05. The standard InChI is InChI=1S/C15H21N3/c1-15(2,18(3)4)14(16)13-10-17-9-11-7-5-6-8-12(11)13/h5-10,14H,16H2,1-4H3. The molecule has 0 aliphatic rings. The third-order valence-electron chi connectivity index (χ3n) is 3.95. The summed E-state index contributed by atoms with van der Waals surface area (Å²) in [7, 11) is 4.11. The molecule has 0 amide bonds. The zero-order chi connectivity index (χ0) is 13.3. The molecule has 1 aromatic heterocycles. The van der Waals surface area contributed by atoms with Gasteiger partial charge < -0.3 is 10.6 Å². The number of pyridine rings is 1. The zero-order valence-electron chi connectivity index (χ0n) is 11.5. The van der Waals surface area contributed by atoms with Gasteiger partial charge in [0.2, 0.25) is 0 Å². The van der Waals surface area contributed by atoms with Crippen molar-refractivity contribution in [3.63, 3.8) is 0 Å². The molecule has 0 fully saturated rings. The Kier molecular flexibility index (Phi) is 3.37. The van der Waals surface area contributed by atoms with Crippen molar-refractivity contribution in [2.45, 2.75) is 25.4 Å². The lowest BCUT2D eigenvalue weighted by Crippen LogP contribution is -2.47. The lowest BCUT2D eigenvalue weighted by atomic mass is 9.87. The van der Waals surface area contributed by atoms with Gasteiger partial charge in [0.15, 0.2) is 0 Å². The minimum Gasteiger partial charge on any atom is -0.322 e. The number of benzene rings is 1. The topological polar surface area (TPSA) is 42.1 Å². The highest BCUT2D eigenvalue weighted by Crippen LogP contribution is 2.31. The van der Waals surface area contributed by atoms with Crippen molar-refractivity contribution in [3.8, 4) is 0 Å². The molecule has 1 aromatic carbocycles. The van der Waals surface area contributed by atoms with E-state index in [9.17, 15) is 0 Å². The van der Waals surface area contributed by atoms with Crippen molar-refractivity contribution in [1.82, 2.24) is 9.88 Å². The summed E-state index contributed by atoms with van der Waals surface area (Å²) >= 11 is 0. The van der Waals surface area contributed by atoms with Crippen LogP contribution in [0, 0.1) is 0 Å². The molecule has 0 bridgehead atoms. The lowest BCUT2D eigenvalue weighted by molar-refractivity contribution is 0.159. The van der Waals surface area contributed by atoms with Crippen LogP contribution < -0.4 is 5.73 Å². The molecule has 0 spiro atoms. The van der Waals surface area contributed by atoms with Crippen LogP contribution in [0.2, 0.25) is 0 Å². The maximum atomic E-state index is 6.46. The molecule has 1 heterocycles. The van der Waals surface area contributed by atoms with E-state index in [2.05, 4.69) is 50.0 Å². The quantitative estimate of drug-likeness (QED) is 0.901. The van der Waals surface area contributed by atoms with E-state index >= 15 is 0 Å². The lowest BCUT2D eigenvalue weighted by Gasteiger charge is -2.38. The number of fused-ring (bicyclic) bond motifs is 1. The van der Waals surface area contributed by atoms with Crippen LogP contribution in [0.25, 0.3) is 10.8 Å². The first kappa shape index (κ1) is 13.0. The first-order valence-corrected chi connectivity index (χ1v) is 6.20. The molecule has 0 aliphatic heterocycles. The van der Waals surface area contributed by atoms with Crippen molar-refractivity contribution in [2.24, 2.45) is 5.73 Å². The monoisotopic (exact) mass is 243 g/mol. The fourth-order valence-electron chi connectivity index (χ4n) is 2.05. The molecule has 96 valence electrons. The van der Waals surface area contributed by atoms with Gasteiger partial charge in [-0.05, 0) is 38.9 Å². The Morgan fingerprint density at radius 1 is 1.17 bits per heavy atom. The van der Waals surface area contributed by atoms with Gasteiger partial charge >= 0.3 is 0 Å². The highest BCUT2D eigenvalue weighted by molar-refractivity contribution is 5.85. The third-order valence-corrected chi connectivity index (χ3v) is 3.95. The molecule has 1 unspecified atom stereocenters. The van der Waals surface area contributed by atoms with Gasteiger partial charge in [0.1, 0.15) is 0 Å². The van der Waals surface area contributed by atoms with Gasteiger partial charge in [-0.3, -0.25) is 4.98 Å². The van der Waals surface area contributed by atoms with E-state index in [1.807, 2.05) is 24.5 Å². The molecule has 2 N–H and O–H groups in total. The Labute approximate surface area is 109 Å². The van der Waals surface area contributed by atoms with Gasteiger partial charge in [-0.15, -0.1) is 0 Å². The van der Waals surface area contributed by atoms with Crippen LogP contribution in [0.15, 0.2) is 36.7 Å². The molecule has 3 heteroatoms. The molecule has 1 atom stereocenters. The van der Waals surface area contributed by atoms with Crippen molar-refractivity contribution >= 4 is 10.8 Å². The summed E-state index contributed by atoms with van der Waals surface area (Å²) in [6, 6.07) is 8.17. The van der Waals surface area contributed by atoms with Crippen LogP contribution in [-0.4, -0.2) is 29.5 Å². The Hall–Kier alpha value is -1.45. The summed E-state index contributed by atoms with van der Waals surface area (Å²) in [4.78, 5) is 6.46. The number of hydrogen-bond donors (Lipinski definition) is 1. The SMILES string of the molecule is CN(C)C(C)(C)C(N)c1cncc2ccccc12. The van der Waals surface area contributed by atoms with Crippen LogP contribution in [-0.2, 0) is 0 Å². The first-order chi connectivity index (χ1) is 8.44. The summed E-state index contributed by atoms with van der Waals surface area (Å²) in [6.45, 7) is 4.30. The number of likely N-dealkylation sites (N-methyl/N-ethyl adjacent to an activating group) is 1. The molecule has 0 radical (unpaired) electrons. The fraction of sp³-hybridized carbons (Fsp3) is 0.400.